The molecule has 1 aliphatic rings. The molecule has 1 saturated carbocycles. The second-order valence-electron chi connectivity index (χ2n) is 14.9. The van der Waals surface area contributed by atoms with Gasteiger partial charge in [-0.1, -0.05) is 115 Å². The summed E-state index contributed by atoms with van der Waals surface area (Å²) in [5.74, 6) is 6.63. The van der Waals surface area contributed by atoms with Crippen LogP contribution in [-0.4, -0.2) is 23.2 Å². The fourth-order valence-electron chi connectivity index (χ4n) is 7.20. The first-order valence-corrected chi connectivity index (χ1v) is 26.0. The van der Waals surface area contributed by atoms with Crippen LogP contribution < -0.4 is 4.40 Å². The largest absolute Gasteiger partial charge is 0 e. The van der Waals surface area contributed by atoms with Crippen LogP contribution in [0.15, 0.2) is 150 Å². The zero-order valence-corrected chi connectivity index (χ0v) is 35.5. The number of benzene rings is 5. The Hall–Kier alpha value is -4.61. The smallest absolute Gasteiger partial charge is 0 e. The van der Waals surface area contributed by atoms with Crippen LogP contribution in [0.2, 0.25) is 17.3 Å². The number of hydrogen-bond acceptors (Lipinski definition) is 3. The minimum atomic E-state index is -1.72. The molecule has 3 heterocycles. The Balaban J connectivity index is 0.000000231. The van der Waals surface area contributed by atoms with Gasteiger partial charge in [0, 0.05) is 33.2 Å². The molecular formula is C49H44GeIrN2O-2. The number of para-hydroxylation sites is 1. The minimum Gasteiger partial charge on any atom is 0 e. The van der Waals surface area contributed by atoms with Gasteiger partial charge in [0.15, 0.2) is 0 Å². The van der Waals surface area contributed by atoms with Gasteiger partial charge in [0.2, 0.25) is 0 Å². The Morgan fingerprint density at radius 3 is 2.15 bits per heavy atom. The fourth-order valence-corrected chi connectivity index (χ4v) is 9.37. The van der Waals surface area contributed by atoms with Crippen molar-refractivity contribution in [2.75, 3.05) is 0 Å². The van der Waals surface area contributed by atoms with E-state index in [0.29, 0.717) is 0 Å². The number of pyridine rings is 2. The van der Waals surface area contributed by atoms with Crippen molar-refractivity contribution in [1.82, 2.24) is 9.97 Å². The molecule has 8 aromatic rings. The van der Waals surface area contributed by atoms with Gasteiger partial charge in [0.25, 0.3) is 0 Å². The monoisotopic (exact) mass is 944 g/mol. The van der Waals surface area contributed by atoms with Crippen LogP contribution in [0.3, 0.4) is 0 Å². The third-order valence-corrected chi connectivity index (χ3v) is 14.5. The molecule has 0 unspecified atom stereocenters. The van der Waals surface area contributed by atoms with E-state index in [1.807, 2.05) is 60.9 Å². The maximum atomic E-state index is 9.04. The van der Waals surface area contributed by atoms with Crippen LogP contribution in [0.5, 0.6) is 0 Å². The number of fused-ring (bicyclic) bond motifs is 3. The molecule has 0 aliphatic heterocycles. The fraction of sp³-hybridized carbons (Fsp3) is 0.184. The molecule has 3 aromatic heterocycles. The van der Waals surface area contributed by atoms with Crippen LogP contribution >= 0.6 is 0 Å². The van der Waals surface area contributed by atoms with E-state index in [1.54, 1.807) is 0 Å². The van der Waals surface area contributed by atoms with Gasteiger partial charge >= 0.3 is 99.8 Å². The molecule has 0 atom stereocenters. The Labute approximate surface area is 337 Å². The van der Waals surface area contributed by atoms with Crippen molar-refractivity contribution in [2.45, 2.75) is 55.3 Å². The maximum Gasteiger partial charge on any atom is 0 e. The van der Waals surface area contributed by atoms with E-state index in [4.69, 9.17) is 5.79 Å². The van der Waals surface area contributed by atoms with Crippen LogP contribution in [0, 0.1) is 12.1 Å². The molecule has 3 nitrogen and oxygen atoms in total. The summed E-state index contributed by atoms with van der Waals surface area (Å²) in [6.07, 6.45) is 9.18. The van der Waals surface area contributed by atoms with Gasteiger partial charge in [-0.25, -0.2) is 0 Å². The summed E-state index contributed by atoms with van der Waals surface area (Å²) in [7, 11) is 0. The van der Waals surface area contributed by atoms with Gasteiger partial charge in [0.05, 0.1) is 5.58 Å². The molecular weight excluding hydrogens is 897 g/mol. The van der Waals surface area contributed by atoms with E-state index in [2.05, 4.69) is 124 Å². The first kappa shape index (κ1) is 36.4. The molecule has 1 fully saturated rings. The van der Waals surface area contributed by atoms with Crippen LogP contribution in [0.25, 0.3) is 66.7 Å². The standard InChI is InChI=1S/C35H28NO.C14H16GeN.Ir/c1-3-8-24(9-4-1)26-14-16-27(17-15-26)30-12-7-13-32-31-19-18-29(23-34(31)37-35(30)32)33-22-28(20-21-36-33)25-10-5-2-6-11-25;1-15(2,3)13-9-10-14(16-11-13)12-7-5-4-6-8-12;/h1,3-4,7-9,12-17,19-23,25H,2,5-6,10-11H2;4-7,9-11H,1-3H3;/q2*-1;/i25D;;. The number of rotatable bonds is 6. The van der Waals surface area contributed by atoms with Crippen molar-refractivity contribution in [3.05, 3.63) is 164 Å². The molecule has 1 aliphatic carbocycles. The average molecular weight is 943 g/mol. The van der Waals surface area contributed by atoms with Gasteiger partial charge in [-0.2, -0.15) is 0 Å². The molecule has 5 aromatic carbocycles. The summed E-state index contributed by atoms with van der Waals surface area (Å²) < 4.78 is 17.0. The summed E-state index contributed by atoms with van der Waals surface area (Å²) in [6, 6.07) is 52.5. The van der Waals surface area contributed by atoms with Crippen LogP contribution in [0.4, 0.5) is 0 Å². The quantitative estimate of drug-likeness (QED) is 0.123. The van der Waals surface area contributed by atoms with E-state index in [9.17, 15) is 0 Å². The second kappa shape index (κ2) is 16.8. The average Bonchev–Trinajstić information content (AvgIpc) is 3.60. The number of aromatic nitrogens is 2. The van der Waals surface area contributed by atoms with Crippen molar-refractivity contribution in [3.63, 3.8) is 0 Å². The van der Waals surface area contributed by atoms with E-state index in [-0.39, 0.29) is 20.1 Å². The molecule has 0 N–H and O–H groups in total. The van der Waals surface area contributed by atoms with E-state index in [1.165, 1.54) is 21.9 Å². The maximum absolute atomic E-state index is 9.04. The summed E-state index contributed by atoms with van der Waals surface area (Å²) >= 11 is -1.72. The third kappa shape index (κ3) is 8.37. The van der Waals surface area contributed by atoms with Crippen LogP contribution in [-0.2, 0) is 20.1 Å². The predicted octanol–water partition coefficient (Wildman–Crippen LogP) is 12.9. The minimum absolute atomic E-state index is 0. The SMILES string of the molecule is [2H]C1(c2ccnc(-c3[c-]cc4c(c3)oc3c(-c5ccc(-c6ccccc6)cc5)cccc34)c2)CCCCC1.[CH3][Ge]([CH3])([CH3])[c]1ccc(-c2[c-]cccc2)nc1.[Ir]. The topological polar surface area (TPSA) is 38.9 Å². The normalized spacial score (nSPS) is 14.1. The second-order valence-corrected chi connectivity index (χ2v) is 25.6. The predicted molar refractivity (Wildman–Crippen MR) is 224 cm³/mol. The van der Waals surface area contributed by atoms with Crippen molar-refractivity contribution in [1.29, 1.82) is 0 Å². The molecule has 0 bridgehead atoms. The first-order valence-electron chi connectivity index (χ1n) is 19.2. The summed E-state index contributed by atoms with van der Waals surface area (Å²) in [5.41, 5.74) is 11.2. The number of hydrogen-bond donors (Lipinski definition) is 0. The molecule has 0 spiro atoms. The van der Waals surface area contributed by atoms with Gasteiger partial charge < -0.3 is 9.40 Å². The molecule has 1 radical (unpaired) electrons. The van der Waals surface area contributed by atoms with Crippen molar-refractivity contribution < 1.29 is 25.9 Å². The Bertz CT molecular complexity index is 2500. The molecule has 5 heteroatoms. The summed E-state index contributed by atoms with van der Waals surface area (Å²) in [5, 5.41) is 2.13. The summed E-state index contributed by atoms with van der Waals surface area (Å²) in [4.78, 5) is 9.17. The van der Waals surface area contributed by atoms with Gasteiger partial charge in [-0.05, 0) is 52.6 Å². The zero-order chi connectivity index (χ0) is 37.1. The Kier molecular flexibility index (Phi) is 11.3. The van der Waals surface area contributed by atoms with Crippen molar-refractivity contribution in [3.8, 4) is 44.8 Å². The van der Waals surface area contributed by atoms with Gasteiger partial charge in [-0.15, -0.1) is 17.7 Å². The molecule has 0 amide bonds. The molecule has 271 valence electrons. The van der Waals surface area contributed by atoms with Crippen molar-refractivity contribution in [2.24, 2.45) is 0 Å². The first-order chi connectivity index (χ1) is 26.2. The molecule has 9 rings (SSSR count). The Morgan fingerprint density at radius 1 is 0.667 bits per heavy atom. The molecule has 54 heavy (non-hydrogen) atoms. The van der Waals surface area contributed by atoms with E-state index in [0.717, 1.165) is 86.8 Å². The van der Waals surface area contributed by atoms with Crippen molar-refractivity contribution >= 4 is 39.6 Å². The third-order valence-electron chi connectivity index (χ3n) is 10.2. The van der Waals surface area contributed by atoms with E-state index < -0.39 is 19.2 Å². The number of nitrogens with zero attached hydrogens (tertiary/aromatic N) is 2. The number of furan rings is 1. The van der Waals surface area contributed by atoms with Crippen LogP contribution in [0.1, 0.15) is 44.9 Å². The zero-order valence-electron chi connectivity index (χ0n) is 32.0. The molecule has 0 saturated heterocycles. The van der Waals surface area contributed by atoms with Gasteiger partial charge in [-0.3, -0.25) is 0 Å². The summed E-state index contributed by atoms with van der Waals surface area (Å²) in [6.45, 7) is 0. The van der Waals surface area contributed by atoms with E-state index >= 15 is 0 Å². The van der Waals surface area contributed by atoms with Gasteiger partial charge in [0.1, 0.15) is 5.58 Å². The Morgan fingerprint density at radius 2 is 1.43 bits per heavy atom.